The third kappa shape index (κ3) is 2.39. The Kier molecular flexibility index (Phi) is 3.72. The minimum absolute atomic E-state index is 0.896. The molecule has 2 heterocycles. The van der Waals surface area contributed by atoms with Crippen molar-refractivity contribution in [3.05, 3.63) is 0 Å². The molecule has 98 valence electrons. The first kappa shape index (κ1) is 12.0. The maximum atomic E-state index is 5.73. The lowest BCUT2D eigenvalue weighted by atomic mass is 9.84. The summed E-state index contributed by atoms with van der Waals surface area (Å²) in [5.74, 6) is 0.942. The lowest BCUT2D eigenvalue weighted by molar-refractivity contribution is 0.0407. The van der Waals surface area contributed by atoms with Crippen LogP contribution in [-0.2, 0) is 0 Å². The molecule has 2 aliphatic heterocycles. The van der Waals surface area contributed by atoms with Crippen molar-refractivity contribution in [2.24, 2.45) is 11.7 Å². The second-order valence-corrected chi connectivity index (χ2v) is 6.54. The van der Waals surface area contributed by atoms with Crippen LogP contribution in [0.15, 0.2) is 0 Å². The molecule has 17 heavy (non-hydrogen) atoms. The summed E-state index contributed by atoms with van der Waals surface area (Å²) >= 11 is 0. The molecule has 0 aromatic rings. The molecule has 2 atom stereocenters. The molecule has 2 unspecified atom stereocenters. The predicted molar refractivity (Wildman–Crippen MR) is 71.9 cm³/mol. The zero-order valence-electron chi connectivity index (χ0n) is 11.1. The highest BCUT2D eigenvalue weighted by molar-refractivity contribution is 4.98. The van der Waals surface area contributed by atoms with Crippen molar-refractivity contribution in [1.29, 1.82) is 0 Å². The molecule has 0 amide bonds. The molecule has 2 bridgehead atoms. The second kappa shape index (κ2) is 5.27. The van der Waals surface area contributed by atoms with Crippen LogP contribution in [0.25, 0.3) is 0 Å². The van der Waals surface area contributed by atoms with Gasteiger partial charge in [-0.25, -0.2) is 0 Å². The van der Waals surface area contributed by atoms with E-state index in [-0.39, 0.29) is 0 Å². The number of nitrogens with zero attached hydrogens (tertiary/aromatic N) is 1. The first-order valence-electron chi connectivity index (χ1n) is 7.86. The fourth-order valence-corrected chi connectivity index (χ4v) is 4.77. The van der Waals surface area contributed by atoms with Crippen LogP contribution in [0.1, 0.15) is 64.2 Å². The van der Waals surface area contributed by atoms with Gasteiger partial charge in [0.05, 0.1) is 0 Å². The van der Waals surface area contributed by atoms with Crippen LogP contribution >= 0.6 is 0 Å². The third-order valence-corrected chi connectivity index (χ3v) is 5.46. The highest BCUT2D eigenvalue weighted by Crippen LogP contribution is 2.43. The normalized spacial score (nSPS) is 39.7. The standard InChI is InChI=1S/C15H28N2/c16-9-8-12-10-14-6-7-15(11-12)17(14)13-4-2-1-3-5-13/h12-15H,1-11,16H2. The average Bonchev–Trinajstić information content (AvgIpc) is 2.63. The average molecular weight is 236 g/mol. The lowest BCUT2D eigenvalue weighted by Gasteiger charge is -2.45. The second-order valence-electron chi connectivity index (χ2n) is 6.54. The van der Waals surface area contributed by atoms with Gasteiger partial charge in [0.15, 0.2) is 0 Å². The molecular weight excluding hydrogens is 208 g/mol. The zero-order valence-corrected chi connectivity index (χ0v) is 11.1. The van der Waals surface area contributed by atoms with Gasteiger partial charge in [0.1, 0.15) is 0 Å². The van der Waals surface area contributed by atoms with Crippen LogP contribution in [-0.4, -0.2) is 29.6 Å². The molecule has 3 fully saturated rings. The van der Waals surface area contributed by atoms with E-state index in [0.29, 0.717) is 0 Å². The minimum atomic E-state index is 0.896. The van der Waals surface area contributed by atoms with Gasteiger partial charge in [-0.3, -0.25) is 4.90 Å². The highest BCUT2D eigenvalue weighted by atomic mass is 15.2. The summed E-state index contributed by atoms with van der Waals surface area (Å²) in [7, 11) is 0. The summed E-state index contributed by atoms with van der Waals surface area (Å²) in [6.07, 6.45) is 14.5. The summed E-state index contributed by atoms with van der Waals surface area (Å²) in [6, 6.07) is 2.79. The lowest BCUT2D eigenvalue weighted by Crippen LogP contribution is -2.49. The first-order chi connectivity index (χ1) is 8.38. The number of rotatable bonds is 3. The molecule has 1 saturated carbocycles. The Hall–Kier alpha value is -0.0800. The van der Waals surface area contributed by atoms with Crippen molar-refractivity contribution in [2.75, 3.05) is 6.54 Å². The predicted octanol–water partition coefficient (Wildman–Crippen LogP) is 2.91. The summed E-state index contributed by atoms with van der Waals surface area (Å²) in [6.45, 7) is 0.896. The van der Waals surface area contributed by atoms with Gasteiger partial charge in [0, 0.05) is 18.1 Å². The molecule has 3 rings (SSSR count). The highest BCUT2D eigenvalue weighted by Gasteiger charge is 2.43. The fraction of sp³-hybridized carbons (Fsp3) is 1.00. The Bertz CT molecular complexity index is 233. The van der Waals surface area contributed by atoms with Crippen molar-refractivity contribution in [3.63, 3.8) is 0 Å². The molecule has 0 spiro atoms. The smallest absolute Gasteiger partial charge is 0.0104 e. The number of hydrogen-bond donors (Lipinski definition) is 1. The van der Waals surface area contributed by atoms with Gasteiger partial charge < -0.3 is 5.73 Å². The van der Waals surface area contributed by atoms with Crippen molar-refractivity contribution >= 4 is 0 Å². The number of piperidine rings is 1. The summed E-state index contributed by atoms with van der Waals surface area (Å²) in [5.41, 5.74) is 5.73. The van der Waals surface area contributed by atoms with E-state index < -0.39 is 0 Å². The van der Waals surface area contributed by atoms with E-state index >= 15 is 0 Å². The maximum Gasteiger partial charge on any atom is 0.0104 e. The van der Waals surface area contributed by atoms with Crippen LogP contribution in [0, 0.1) is 5.92 Å². The summed E-state index contributed by atoms with van der Waals surface area (Å²) in [5, 5.41) is 0. The molecule has 2 heteroatoms. The molecule has 0 radical (unpaired) electrons. The number of hydrogen-bond acceptors (Lipinski definition) is 2. The molecule has 2 saturated heterocycles. The van der Waals surface area contributed by atoms with Gasteiger partial charge in [-0.2, -0.15) is 0 Å². The van der Waals surface area contributed by atoms with E-state index in [4.69, 9.17) is 5.73 Å². The van der Waals surface area contributed by atoms with E-state index in [2.05, 4.69) is 4.90 Å². The summed E-state index contributed by atoms with van der Waals surface area (Å²) in [4.78, 5) is 2.95. The Labute approximate surface area is 106 Å². The van der Waals surface area contributed by atoms with Gasteiger partial charge >= 0.3 is 0 Å². The van der Waals surface area contributed by atoms with Crippen LogP contribution in [0.5, 0.6) is 0 Å². The molecule has 3 aliphatic rings. The Morgan fingerprint density at radius 3 is 2.06 bits per heavy atom. The number of fused-ring (bicyclic) bond motifs is 2. The van der Waals surface area contributed by atoms with E-state index in [1.807, 2.05) is 0 Å². The topological polar surface area (TPSA) is 29.3 Å². The number of nitrogens with two attached hydrogens (primary N) is 1. The van der Waals surface area contributed by atoms with Crippen molar-refractivity contribution < 1.29 is 0 Å². The maximum absolute atomic E-state index is 5.73. The Morgan fingerprint density at radius 2 is 1.47 bits per heavy atom. The van der Waals surface area contributed by atoms with E-state index in [1.165, 1.54) is 64.2 Å². The molecule has 0 aromatic carbocycles. The Morgan fingerprint density at radius 1 is 0.824 bits per heavy atom. The van der Waals surface area contributed by atoms with Gasteiger partial charge in [0.25, 0.3) is 0 Å². The molecule has 0 aromatic heterocycles. The molecular formula is C15H28N2. The van der Waals surface area contributed by atoms with Gasteiger partial charge in [-0.05, 0) is 57.4 Å². The van der Waals surface area contributed by atoms with Crippen LogP contribution in [0.4, 0.5) is 0 Å². The molecule has 2 nitrogen and oxygen atoms in total. The van der Waals surface area contributed by atoms with Crippen LogP contribution < -0.4 is 5.73 Å². The minimum Gasteiger partial charge on any atom is -0.330 e. The Balaban J connectivity index is 1.63. The zero-order chi connectivity index (χ0) is 11.7. The van der Waals surface area contributed by atoms with Crippen molar-refractivity contribution in [2.45, 2.75) is 82.3 Å². The van der Waals surface area contributed by atoms with E-state index in [1.54, 1.807) is 0 Å². The quantitative estimate of drug-likeness (QED) is 0.816. The van der Waals surface area contributed by atoms with Crippen molar-refractivity contribution in [1.82, 2.24) is 4.90 Å². The fourth-order valence-electron chi connectivity index (χ4n) is 4.77. The molecule has 2 N–H and O–H groups in total. The monoisotopic (exact) mass is 236 g/mol. The van der Waals surface area contributed by atoms with E-state index in [0.717, 1.165) is 30.6 Å². The van der Waals surface area contributed by atoms with E-state index in [9.17, 15) is 0 Å². The van der Waals surface area contributed by atoms with Crippen molar-refractivity contribution in [3.8, 4) is 0 Å². The largest absolute Gasteiger partial charge is 0.330 e. The van der Waals surface area contributed by atoms with Gasteiger partial charge in [-0.15, -0.1) is 0 Å². The first-order valence-corrected chi connectivity index (χ1v) is 7.86. The SMILES string of the molecule is NCCC1CC2CCC(C1)N2C1CCCCC1. The van der Waals surface area contributed by atoms with Gasteiger partial charge in [-0.1, -0.05) is 19.3 Å². The van der Waals surface area contributed by atoms with Crippen LogP contribution in [0.2, 0.25) is 0 Å². The third-order valence-electron chi connectivity index (χ3n) is 5.46. The van der Waals surface area contributed by atoms with Crippen LogP contribution in [0.3, 0.4) is 0 Å². The van der Waals surface area contributed by atoms with Gasteiger partial charge in [0.2, 0.25) is 0 Å². The summed E-state index contributed by atoms with van der Waals surface area (Å²) < 4.78 is 0. The molecule has 1 aliphatic carbocycles.